The second-order valence-corrected chi connectivity index (χ2v) is 5.58. The summed E-state index contributed by atoms with van der Waals surface area (Å²) in [6, 6.07) is 7.14. The van der Waals surface area contributed by atoms with Crippen molar-refractivity contribution in [3.05, 3.63) is 53.1 Å². The van der Waals surface area contributed by atoms with Crippen LogP contribution >= 0.6 is 0 Å². The molecule has 0 N–H and O–H groups in total. The number of hydrogen-bond acceptors (Lipinski definition) is 5. The van der Waals surface area contributed by atoms with Gasteiger partial charge < -0.3 is 9.47 Å². The number of carbonyl (C=O) groups is 2. The standard InChI is InChI=1S/C20H20N2O4/c1-5-9-26-17-8-7-14(11-18(17)25-6-2)10-15-13(3)16(12-21)20(24)22(4)19(15)23/h5,7-8,10-11H,1,6,9H2,2-4H3/b15-10+. The van der Waals surface area contributed by atoms with Crippen LogP contribution in [0.4, 0.5) is 0 Å². The molecule has 6 heteroatoms. The Morgan fingerprint density at radius 2 is 1.96 bits per heavy atom. The molecule has 0 radical (unpaired) electrons. The van der Waals surface area contributed by atoms with Crippen LogP contribution in [0.2, 0.25) is 0 Å². The van der Waals surface area contributed by atoms with Crippen molar-refractivity contribution >= 4 is 17.9 Å². The van der Waals surface area contributed by atoms with Gasteiger partial charge in [0.05, 0.1) is 6.61 Å². The summed E-state index contributed by atoms with van der Waals surface area (Å²) in [6.45, 7) is 7.87. The Kier molecular flexibility index (Phi) is 5.97. The predicted molar refractivity (Wildman–Crippen MR) is 97.4 cm³/mol. The molecule has 0 unspecified atom stereocenters. The molecule has 1 aromatic rings. The van der Waals surface area contributed by atoms with Gasteiger partial charge in [0.2, 0.25) is 0 Å². The second-order valence-electron chi connectivity index (χ2n) is 5.58. The van der Waals surface area contributed by atoms with Gasteiger partial charge in [-0.1, -0.05) is 18.7 Å². The van der Waals surface area contributed by atoms with Gasteiger partial charge in [-0.2, -0.15) is 5.26 Å². The van der Waals surface area contributed by atoms with Gasteiger partial charge in [0.1, 0.15) is 18.2 Å². The molecule has 1 heterocycles. The second kappa shape index (κ2) is 8.17. The van der Waals surface area contributed by atoms with Gasteiger partial charge in [-0.3, -0.25) is 14.5 Å². The van der Waals surface area contributed by atoms with E-state index in [9.17, 15) is 14.9 Å². The third-order valence-electron chi connectivity index (χ3n) is 3.88. The number of amides is 2. The fourth-order valence-corrected chi connectivity index (χ4v) is 2.52. The number of ether oxygens (including phenoxy) is 2. The lowest BCUT2D eigenvalue weighted by atomic mass is 9.94. The number of imide groups is 1. The van der Waals surface area contributed by atoms with Crippen molar-refractivity contribution in [1.82, 2.24) is 4.90 Å². The highest BCUT2D eigenvalue weighted by molar-refractivity contribution is 6.19. The van der Waals surface area contributed by atoms with E-state index in [1.165, 1.54) is 7.05 Å². The van der Waals surface area contributed by atoms with E-state index in [4.69, 9.17) is 9.47 Å². The van der Waals surface area contributed by atoms with Crippen LogP contribution in [0.3, 0.4) is 0 Å². The first-order valence-electron chi connectivity index (χ1n) is 8.10. The van der Waals surface area contributed by atoms with E-state index in [2.05, 4.69) is 6.58 Å². The number of likely N-dealkylation sites (N-methyl/N-ethyl adjacent to an activating group) is 1. The van der Waals surface area contributed by atoms with Gasteiger partial charge in [-0.05, 0) is 43.2 Å². The van der Waals surface area contributed by atoms with E-state index in [1.807, 2.05) is 13.0 Å². The van der Waals surface area contributed by atoms with Gasteiger partial charge in [-0.25, -0.2) is 0 Å². The molecule has 1 aliphatic rings. The molecule has 2 rings (SSSR count). The van der Waals surface area contributed by atoms with E-state index < -0.39 is 11.8 Å². The molecule has 0 atom stereocenters. The molecule has 2 amide bonds. The molecule has 1 aromatic carbocycles. The van der Waals surface area contributed by atoms with E-state index in [-0.39, 0.29) is 5.57 Å². The monoisotopic (exact) mass is 352 g/mol. The maximum absolute atomic E-state index is 12.5. The minimum Gasteiger partial charge on any atom is -0.490 e. The fraction of sp³-hybridized carbons (Fsp3) is 0.250. The summed E-state index contributed by atoms with van der Waals surface area (Å²) in [5.74, 6) is 0.0754. The van der Waals surface area contributed by atoms with Crippen molar-refractivity contribution in [3.63, 3.8) is 0 Å². The summed E-state index contributed by atoms with van der Waals surface area (Å²) in [5.41, 5.74) is 1.33. The van der Waals surface area contributed by atoms with Gasteiger partial charge in [0, 0.05) is 12.6 Å². The van der Waals surface area contributed by atoms with Crippen molar-refractivity contribution in [1.29, 1.82) is 5.26 Å². The average Bonchev–Trinajstić information content (AvgIpc) is 2.63. The van der Waals surface area contributed by atoms with Gasteiger partial charge in [0.15, 0.2) is 11.5 Å². The fourth-order valence-electron chi connectivity index (χ4n) is 2.52. The van der Waals surface area contributed by atoms with Crippen molar-refractivity contribution in [2.45, 2.75) is 13.8 Å². The summed E-state index contributed by atoms with van der Waals surface area (Å²) in [6.07, 6.45) is 3.27. The van der Waals surface area contributed by atoms with E-state index in [1.54, 1.807) is 37.3 Å². The molecular formula is C20H20N2O4. The van der Waals surface area contributed by atoms with Crippen molar-refractivity contribution in [2.75, 3.05) is 20.3 Å². The molecule has 0 aliphatic carbocycles. The highest BCUT2D eigenvalue weighted by Gasteiger charge is 2.32. The Morgan fingerprint density at radius 3 is 2.58 bits per heavy atom. The molecule has 0 aromatic heterocycles. The van der Waals surface area contributed by atoms with Crippen LogP contribution < -0.4 is 9.47 Å². The van der Waals surface area contributed by atoms with Gasteiger partial charge in [-0.15, -0.1) is 0 Å². The number of benzene rings is 1. The Hall–Kier alpha value is -3.33. The minimum atomic E-state index is -0.588. The van der Waals surface area contributed by atoms with E-state index in [0.717, 1.165) is 4.90 Å². The molecule has 1 aliphatic heterocycles. The van der Waals surface area contributed by atoms with Crippen LogP contribution in [0.5, 0.6) is 11.5 Å². The lowest BCUT2D eigenvalue weighted by molar-refractivity contribution is -0.138. The lowest BCUT2D eigenvalue weighted by Crippen LogP contribution is -2.39. The molecule has 0 saturated heterocycles. The molecule has 0 fully saturated rings. The summed E-state index contributed by atoms with van der Waals surface area (Å²) >= 11 is 0. The minimum absolute atomic E-state index is 0.0330. The van der Waals surface area contributed by atoms with Crippen LogP contribution in [0.15, 0.2) is 47.6 Å². The van der Waals surface area contributed by atoms with E-state index >= 15 is 0 Å². The van der Waals surface area contributed by atoms with Gasteiger partial charge >= 0.3 is 0 Å². The summed E-state index contributed by atoms with van der Waals surface area (Å²) in [5, 5.41) is 9.21. The van der Waals surface area contributed by atoms with Crippen molar-refractivity contribution in [2.24, 2.45) is 0 Å². The SMILES string of the molecule is C=CCOc1ccc(/C=C2/C(=O)N(C)C(=O)C(C#N)=C2C)cc1OCC. The summed E-state index contributed by atoms with van der Waals surface area (Å²) < 4.78 is 11.2. The molecule has 0 bridgehead atoms. The quantitative estimate of drug-likeness (QED) is 0.447. The Bertz CT molecular complexity index is 859. The third-order valence-corrected chi connectivity index (χ3v) is 3.88. The topological polar surface area (TPSA) is 79.6 Å². The molecule has 134 valence electrons. The third kappa shape index (κ3) is 3.67. The zero-order valence-corrected chi connectivity index (χ0v) is 15.0. The first-order valence-corrected chi connectivity index (χ1v) is 8.10. The molecule has 6 nitrogen and oxygen atoms in total. The number of carbonyl (C=O) groups excluding carboxylic acids is 2. The van der Waals surface area contributed by atoms with Crippen LogP contribution in [-0.2, 0) is 9.59 Å². The molecule has 26 heavy (non-hydrogen) atoms. The smallest absolute Gasteiger partial charge is 0.271 e. The number of hydrogen-bond donors (Lipinski definition) is 0. The largest absolute Gasteiger partial charge is 0.490 e. The Balaban J connectivity index is 2.51. The summed E-state index contributed by atoms with van der Waals surface area (Å²) in [7, 11) is 1.36. The first kappa shape index (κ1) is 19.0. The number of nitrogens with zero attached hydrogens (tertiary/aromatic N) is 2. The summed E-state index contributed by atoms with van der Waals surface area (Å²) in [4.78, 5) is 25.4. The highest BCUT2D eigenvalue weighted by Crippen LogP contribution is 2.31. The Labute approximate surface area is 152 Å². The van der Waals surface area contributed by atoms with Crippen LogP contribution in [0, 0.1) is 11.3 Å². The zero-order chi connectivity index (χ0) is 19.3. The highest BCUT2D eigenvalue weighted by atomic mass is 16.5. The van der Waals surface area contributed by atoms with Crippen molar-refractivity contribution < 1.29 is 19.1 Å². The molecular weight excluding hydrogens is 332 g/mol. The lowest BCUT2D eigenvalue weighted by Gasteiger charge is -2.23. The average molecular weight is 352 g/mol. The van der Waals surface area contributed by atoms with Crippen LogP contribution in [-0.4, -0.2) is 37.0 Å². The normalized spacial score (nSPS) is 15.9. The number of rotatable bonds is 6. The molecule has 0 saturated carbocycles. The predicted octanol–water partition coefficient (Wildman–Crippen LogP) is 2.87. The van der Waals surface area contributed by atoms with Crippen LogP contribution in [0.1, 0.15) is 19.4 Å². The molecule has 0 spiro atoms. The van der Waals surface area contributed by atoms with Gasteiger partial charge in [0.25, 0.3) is 11.8 Å². The zero-order valence-electron chi connectivity index (χ0n) is 15.0. The van der Waals surface area contributed by atoms with E-state index in [0.29, 0.717) is 41.4 Å². The van der Waals surface area contributed by atoms with Crippen molar-refractivity contribution in [3.8, 4) is 17.6 Å². The first-order chi connectivity index (χ1) is 12.4. The number of nitriles is 1. The maximum atomic E-state index is 12.5. The maximum Gasteiger partial charge on any atom is 0.271 e. The Morgan fingerprint density at radius 1 is 1.23 bits per heavy atom. The van der Waals surface area contributed by atoms with Crippen LogP contribution in [0.25, 0.3) is 6.08 Å².